The molecule has 0 radical (unpaired) electrons. The van der Waals surface area contributed by atoms with E-state index in [-0.39, 0.29) is 16.0 Å². The largest absolute Gasteiger partial charge is 0.493 e. The third kappa shape index (κ3) is 4.98. The Kier molecular flexibility index (Phi) is 7.28. The second-order valence-electron chi connectivity index (χ2n) is 6.46. The van der Waals surface area contributed by atoms with E-state index >= 15 is 0 Å². The molecule has 0 aliphatic carbocycles. The second kappa shape index (κ2) is 9.94. The number of hydrogen-bond acceptors (Lipinski definition) is 9. The summed E-state index contributed by atoms with van der Waals surface area (Å²) in [5.74, 6) is 0.752. The molecule has 32 heavy (non-hydrogen) atoms. The number of rotatable bonds is 9. The number of nitrogens with zero attached hydrogens (tertiary/aromatic N) is 2. The first kappa shape index (κ1) is 23.4. The van der Waals surface area contributed by atoms with Crippen LogP contribution in [0.5, 0.6) is 17.2 Å². The Morgan fingerprint density at radius 2 is 1.72 bits per heavy atom. The van der Waals surface area contributed by atoms with Gasteiger partial charge in [0.05, 0.1) is 21.3 Å². The maximum absolute atomic E-state index is 12.7. The maximum atomic E-state index is 12.7. The van der Waals surface area contributed by atoms with Crippen LogP contribution in [-0.2, 0) is 16.6 Å². The lowest BCUT2D eigenvalue weighted by Crippen LogP contribution is -2.23. The summed E-state index contributed by atoms with van der Waals surface area (Å²) in [5.41, 5.74) is 1.78. The van der Waals surface area contributed by atoms with Gasteiger partial charge in [0.1, 0.15) is 0 Å². The highest BCUT2D eigenvalue weighted by Crippen LogP contribution is 2.39. The summed E-state index contributed by atoms with van der Waals surface area (Å²) in [7, 11) is 0.409. The Hall–Kier alpha value is -3.22. The van der Waals surface area contributed by atoms with Gasteiger partial charge in [-0.15, -0.1) is 10.2 Å². The van der Waals surface area contributed by atoms with Gasteiger partial charge in [-0.3, -0.25) is 10.1 Å². The molecule has 0 unspecified atom stereocenters. The monoisotopic (exact) mass is 478 g/mol. The van der Waals surface area contributed by atoms with Crippen LogP contribution in [0.2, 0.25) is 0 Å². The molecule has 2 aromatic carbocycles. The quantitative estimate of drug-likeness (QED) is 0.449. The van der Waals surface area contributed by atoms with Gasteiger partial charge in [0.2, 0.25) is 15.2 Å². The zero-order valence-electron chi connectivity index (χ0n) is 17.8. The normalized spacial score (nSPS) is 11.1. The number of amides is 1. The first-order valence-corrected chi connectivity index (χ1v) is 11.6. The Morgan fingerprint density at radius 3 is 2.38 bits per heavy atom. The highest BCUT2D eigenvalue weighted by atomic mass is 32.2. The van der Waals surface area contributed by atoms with E-state index in [1.165, 1.54) is 21.3 Å². The van der Waals surface area contributed by atoms with Gasteiger partial charge in [0.25, 0.3) is 15.9 Å². The molecule has 10 nitrogen and oxygen atoms in total. The van der Waals surface area contributed by atoms with E-state index in [2.05, 4.69) is 20.2 Å². The van der Waals surface area contributed by atoms with Gasteiger partial charge in [-0.05, 0) is 24.6 Å². The van der Waals surface area contributed by atoms with Crippen molar-refractivity contribution in [1.29, 1.82) is 0 Å². The molecule has 0 fully saturated rings. The Labute approximate surface area is 189 Å². The van der Waals surface area contributed by atoms with Crippen molar-refractivity contribution in [2.45, 2.75) is 17.8 Å². The standard InChI is InChI=1S/C20H22N4O6S2/c1-12-7-5-6-8-14(12)18(25)22-19-23-24-20(31-19)32(26,27)21-11-13-9-10-15(28-2)17(30-4)16(13)29-3/h5-10,21H,11H2,1-4H3,(H,22,23,25). The van der Waals surface area contributed by atoms with Crippen molar-refractivity contribution in [3.63, 3.8) is 0 Å². The van der Waals surface area contributed by atoms with E-state index in [9.17, 15) is 13.2 Å². The zero-order valence-corrected chi connectivity index (χ0v) is 19.5. The third-order valence-corrected chi connectivity index (χ3v) is 7.09. The van der Waals surface area contributed by atoms with Crippen LogP contribution in [0, 0.1) is 6.92 Å². The molecule has 0 bridgehead atoms. The number of methoxy groups -OCH3 is 3. The average Bonchev–Trinajstić information content (AvgIpc) is 3.26. The third-order valence-electron chi connectivity index (χ3n) is 4.48. The van der Waals surface area contributed by atoms with Crippen molar-refractivity contribution in [3.05, 3.63) is 53.1 Å². The predicted molar refractivity (Wildman–Crippen MR) is 119 cm³/mol. The number of ether oxygens (including phenoxy) is 3. The van der Waals surface area contributed by atoms with Crippen molar-refractivity contribution in [2.75, 3.05) is 26.6 Å². The molecule has 0 aliphatic heterocycles. The van der Waals surface area contributed by atoms with Crippen LogP contribution in [0.25, 0.3) is 0 Å². The van der Waals surface area contributed by atoms with Crippen LogP contribution in [0.15, 0.2) is 40.7 Å². The average molecular weight is 479 g/mol. The molecule has 1 aromatic heterocycles. The fraction of sp³-hybridized carbons (Fsp3) is 0.250. The zero-order chi connectivity index (χ0) is 23.3. The van der Waals surface area contributed by atoms with Crippen LogP contribution >= 0.6 is 11.3 Å². The van der Waals surface area contributed by atoms with Crippen molar-refractivity contribution in [3.8, 4) is 17.2 Å². The molecule has 0 atom stereocenters. The molecule has 1 heterocycles. The Morgan fingerprint density at radius 1 is 1.00 bits per heavy atom. The number of carbonyl (C=O) groups is 1. The van der Waals surface area contributed by atoms with E-state index in [0.717, 1.165) is 16.9 Å². The summed E-state index contributed by atoms with van der Waals surface area (Å²) in [6.07, 6.45) is 0. The van der Waals surface area contributed by atoms with E-state index < -0.39 is 15.9 Å². The Bertz CT molecular complexity index is 1230. The minimum atomic E-state index is -3.99. The van der Waals surface area contributed by atoms with Crippen LogP contribution in [-0.4, -0.2) is 45.9 Å². The summed E-state index contributed by atoms with van der Waals surface area (Å²) in [4.78, 5) is 12.4. The first-order chi connectivity index (χ1) is 15.3. The molecule has 0 saturated carbocycles. The molecule has 12 heteroatoms. The summed E-state index contributed by atoms with van der Waals surface area (Å²) >= 11 is 0.747. The van der Waals surface area contributed by atoms with Crippen molar-refractivity contribution < 1.29 is 27.4 Å². The lowest BCUT2D eigenvalue weighted by atomic mass is 10.1. The molecule has 2 N–H and O–H groups in total. The van der Waals surface area contributed by atoms with Crippen molar-refractivity contribution >= 4 is 32.4 Å². The SMILES string of the molecule is COc1ccc(CNS(=O)(=O)c2nnc(NC(=O)c3ccccc3C)s2)c(OC)c1OC. The molecular weight excluding hydrogens is 456 g/mol. The highest BCUT2D eigenvalue weighted by Gasteiger charge is 2.23. The lowest BCUT2D eigenvalue weighted by molar-refractivity contribution is 0.102. The smallest absolute Gasteiger partial charge is 0.270 e. The van der Waals surface area contributed by atoms with Gasteiger partial charge in [-0.25, -0.2) is 13.1 Å². The van der Waals surface area contributed by atoms with Crippen molar-refractivity contribution in [2.24, 2.45) is 0 Å². The molecular formula is C20H22N4O6S2. The molecule has 3 aromatic rings. The van der Waals surface area contributed by atoms with E-state index in [4.69, 9.17) is 14.2 Å². The number of nitrogens with one attached hydrogen (secondary N) is 2. The number of sulfonamides is 1. The van der Waals surface area contributed by atoms with E-state index in [1.807, 2.05) is 6.07 Å². The molecule has 0 saturated heterocycles. The van der Waals surface area contributed by atoms with Gasteiger partial charge in [0.15, 0.2) is 11.5 Å². The second-order valence-corrected chi connectivity index (χ2v) is 9.38. The first-order valence-electron chi connectivity index (χ1n) is 9.28. The molecule has 170 valence electrons. The molecule has 1 amide bonds. The summed E-state index contributed by atoms with van der Waals surface area (Å²) in [5, 5.41) is 10.1. The topological polar surface area (TPSA) is 129 Å². The fourth-order valence-corrected chi connectivity index (χ4v) is 4.84. The number of aromatic nitrogens is 2. The van der Waals surface area contributed by atoms with Crippen LogP contribution < -0.4 is 24.2 Å². The minimum absolute atomic E-state index is 0.0716. The van der Waals surface area contributed by atoms with Gasteiger partial charge >= 0.3 is 0 Å². The highest BCUT2D eigenvalue weighted by molar-refractivity contribution is 7.91. The molecule has 3 rings (SSSR count). The number of carbonyl (C=O) groups excluding carboxylic acids is 1. The van der Waals surface area contributed by atoms with Crippen LogP contribution in [0.1, 0.15) is 21.5 Å². The summed E-state index contributed by atoms with van der Waals surface area (Å²) in [6.45, 7) is 1.72. The number of benzene rings is 2. The predicted octanol–water partition coefficient (Wildman–Crippen LogP) is 2.60. The molecule has 0 spiro atoms. The van der Waals surface area contributed by atoms with Crippen LogP contribution in [0.3, 0.4) is 0 Å². The van der Waals surface area contributed by atoms with Gasteiger partial charge in [-0.2, -0.15) is 0 Å². The number of anilines is 1. The van der Waals surface area contributed by atoms with Crippen molar-refractivity contribution in [1.82, 2.24) is 14.9 Å². The summed E-state index contributed by atoms with van der Waals surface area (Å²) in [6, 6.07) is 10.3. The fourth-order valence-electron chi connectivity index (χ4n) is 2.90. The number of aryl methyl sites for hydroxylation is 1. The van der Waals surface area contributed by atoms with Gasteiger partial charge in [0, 0.05) is 17.7 Å². The Balaban J connectivity index is 1.74. The van der Waals surface area contributed by atoms with E-state index in [1.54, 1.807) is 37.3 Å². The van der Waals surface area contributed by atoms with Crippen LogP contribution in [0.4, 0.5) is 5.13 Å². The lowest BCUT2D eigenvalue weighted by Gasteiger charge is -2.15. The molecule has 0 aliphatic rings. The van der Waals surface area contributed by atoms with Gasteiger partial charge in [-0.1, -0.05) is 35.6 Å². The summed E-state index contributed by atoms with van der Waals surface area (Å²) < 4.78 is 43.5. The number of hydrogen-bond donors (Lipinski definition) is 2. The maximum Gasteiger partial charge on any atom is 0.270 e. The minimum Gasteiger partial charge on any atom is -0.493 e. The van der Waals surface area contributed by atoms with Gasteiger partial charge < -0.3 is 14.2 Å². The van der Waals surface area contributed by atoms with E-state index in [0.29, 0.717) is 28.4 Å².